The molecule has 1 aliphatic carbocycles. The Morgan fingerprint density at radius 3 is 1.62 bits per heavy atom. The van der Waals surface area contributed by atoms with Crippen LogP contribution in [0.15, 0.2) is 11.9 Å². The van der Waals surface area contributed by atoms with Crippen LogP contribution < -0.4 is 0 Å². The minimum Gasteiger partial charge on any atom is -0.212 e. The highest BCUT2D eigenvalue weighted by Crippen LogP contribution is 2.17. The molecule has 0 aromatic carbocycles. The molecule has 0 spiro atoms. The lowest BCUT2D eigenvalue weighted by atomic mass is 10.1. The third-order valence-electron chi connectivity index (χ3n) is 3.49. The smallest absolute Gasteiger partial charge is 0.0959 e. The molecule has 0 atom stereocenters. The molecule has 0 aliphatic heterocycles. The van der Waals surface area contributed by atoms with Crippen LogP contribution in [0.2, 0.25) is 0 Å². The zero-order chi connectivity index (χ0) is 11.5. The van der Waals surface area contributed by atoms with Crippen LogP contribution in [0.5, 0.6) is 0 Å². The van der Waals surface area contributed by atoms with Gasteiger partial charge in [-0.25, -0.2) is 4.39 Å². The van der Waals surface area contributed by atoms with Crippen LogP contribution in [0.3, 0.4) is 0 Å². The SMILES string of the molecule is F/C1=C/CCCCCCCCCCCCC1. The summed E-state index contributed by atoms with van der Waals surface area (Å²) in [5.41, 5.74) is 0. The summed E-state index contributed by atoms with van der Waals surface area (Å²) in [6.45, 7) is 0. The van der Waals surface area contributed by atoms with E-state index in [9.17, 15) is 4.39 Å². The molecule has 1 aliphatic rings. The van der Waals surface area contributed by atoms with Crippen LogP contribution in [-0.2, 0) is 0 Å². The van der Waals surface area contributed by atoms with Gasteiger partial charge >= 0.3 is 0 Å². The fourth-order valence-corrected chi connectivity index (χ4v) is 2.39. The van der Waals surface area contributed by atoms with Crippen LogP contribution in [0.1, 0.15) is 83.5 Å². The van der Waals surface area contributed by atoms with Crippen molar-refractivity contribution in [1.82, 2.24) is 0 Å². The summed E-state index contributed by atoms with van der Waals surface area (Å²) in [6.07, 6.45) is 17.7. The van der Waals surface area contributed by atoms with E-state index in [4.69, 9.17) is 0 Å². The molecule has 0 saturated heterocycles. The molecule has 0 amide bonds. The summed E-state index contributed by atoms with van der Waals surface area (Å²) in [5.74, 6) is 0.134. The van der Waals surface area contributed by atoms with Crippen molar-refractivity contribution in [2.75, 3.05) is 0 Å². The first kappa shape index (κ1) is 13.7. The molecule has 0 N–H and O–H groups in total. The van der Waals surface area contributed by atoms with Gasteiger partial charge in [0.1, 0.15) is 0 Å². The van der Waals surface area contributed by atoms with Gasteiger partial charge < -0.3 is 0 Å². The van der Waals surface area contributed by atoms with Crippen molar-refractivity contribution in [3.05, 3.63) is 11.9 Å². The van der Waals surface area contributed by atoms with Crippen molar-refractivity contribution in [3.63, 3.8) is 0 Å². The molecule has 0 heterocycles. The van der Waals surface area contributed by atoms with E-state index in [1.165, 1.54) is 64.2 Å². The summed E-state index contributed by atoms with van der Waals surface area (Å²) < 4.78 is 13.3. The van der Waals surface area contributed by atoms with Gasteiger partial charge in [-0.15, -0.1) is 0 Å². The second-order valence-electron chi connectivity index (χ2n) is 5.08. The molecule has 0 fully saturated rings. The van der Waals surface area contributed by atoms with Gasteiger partial charge in [0, 0.05) is 0 Å². The van der Waals surface area contributed by atoms with Gasteiger partial charge in [-0.3, -0.25) is 0 Å². The number of halogens is 1. The predicted molar refractivity (Wildman–Crippen MR) is 69.2 cm³/mol. The van der Waals surface area contributed by atoms with Crippen LogP contribution >= 0.6 is 0 Å². The zero-order valence-corrected chi connectivity index (χ0v) is 10.6. The Morgan fingerprint density at radius 1 is 0.625 bits per heavy atom. The van der Waals surface area contributed by atoms with Crippen molar-refractivity contribution >= 4 is 0 Å². The summed E-state index contributed by atoms with van der Waals surface area (Å²) in [6, 6.07) is 0. The molecule has 0 aromatic rings. The molecular formula is C15H27F. The lowest BCUT2D eigenvalue weighted by molar-refractivity contribution is 0.530. The Labute approximate surface area is 100 Å². The molecule has 0 radical (unpaired) electrons. The summed E-state index contributed by atoms with van der Waals surface area (Å²) in [7, 11) is 0. The molecule has 0 nitrogen and oxygen atoms in total. The summed E-state index contributed by atoms with van der Waals surface area (Å²) >= 11 is 0. The Bertz CT molecular complexity index is 184. The fourth-order valence-electron chi connectivity index (χ4n) is 2.39. The Balaban J connectivity index is 2.19. The standard InChI is InChI=1S/C15H27F/c16-15-13-11-9-7-5-3-1-2-4-6-8-10-12-14-15/h13H,1-12,14H2/b15-13+. The van der Waals surface area contributed by atoms with E-state index < -0.39 is 0 Å². The van der Waals surface area contributed by atoms with E-state index in [2.05, 4.69) is 0 Å². The van der Waals surface area contributed by atoms with Gasteiger partial charge in [-0.2, -0.15) is 0 Å². The van der Waals surface area contributed by atoms with Crippen molar-refractivity contribution in [2.45, 2.75) is 83.5 Å². The number of hydrogen-bond acceptors (Lipinski definition) is 0. The van der Waals surface area contributed by atoms with Crippen molar-refractivity contribution in [1.29, 1.82) is 0 Å². The first-order valence-corrected chi connectivity index (χ1v) is 7.24. The topological polar surface area (TPSA) is 0 Å². The number of hydrogen-bond donors (Lipinski definition) is 0. The van der Waals surface area contributed by atoms with Crippen LogP contribution in [0.4, 0.5) is 4.39 Å². The Kier molecular flexibility index (Phi) is 8.47. The summed E-state index contributed by atoms with van der Waals surface area (Å²) in [4.78, 5) is 0. The molecule has 0 bridgehead atoms. The first-order chi connectivity index (χ1) is 7.89. The fraction of sp³-hybridized carbons (Fsp3) is 0.867. The molecule has 0 unspecified atom stereocenters. The van der Waals surface area contributed by atoms with Gasteiger partial charge in [0.15, 0.2) is 0 Å². The molecular weight excluding hydrogens is 199 g/mol. The lowest BCUT2D eigenvalue weighted by Crippen LogP contribution is -1.82. The van der Waals surface area contributed by atoms with E-state index in [1.54, 1.807) is 0 Å². The highest BCUT2D eigenvalue weighted by molar-refractivity contribution is 4.91. The van der Waals surface area contributed by atoms with Gasteiger partial charge in [0.2, 0.25) is 0 Å². The van der Waals surface area contributed by atoms with Gasteiger partial charge in [-0.05, 0) is 25.7 Å². The van der Waals surface area contributed by atoms with Crippen LogP contribution in [-0.4, -0.2) is 0 Å². The minimum atomic E-state index is 0.134. The molecule has 16 heavy (non-hydrogen) atoms. The van der Waals surface area contributed by atoms with Gasteiger partial charge in [0.25, 0.3) is 0 Å². The quantitative estimate of drug-likeness (QED) is 0.480. The highest BCUT2D eigenvalue weighted by atomic mass is 19.1. The second-order valence-corrected chi connectivity index (χ2v) is 5.08. The van der Waals surface area contributed by atoms with Gasteiger partial charge in [0.05, 0.1) is 5.83 Å². The Hall–Kier alpha value is -0.330. The average Bonchev–Trinajstić information content (AvgIpc) is 2.29. The number of allylic oxidation sites excluding steroid dienone is 2. The Morgan fingerprint density at radius 2 is 1.06 bits per heavy atom. The maximum atomic E-state index is 13.3. The molecule has 1 heteroatoms. The first-order valence-electron chi connectivity index (χ1n) is 7.24. The summed E-state index contributed by atoms with van der Waals surface area (Å²) in [5, 5.41) is 0. The maximum absolute atomic E-state index is 13.3. The van der Waals surface area contributed by atoms with Gasteiger partial charge in [-0.1, -0.05) is 63.9 Å². The highest BCUT2D eigenvalue weighted by Gasteiger charge is 1.98. The van der Waals surface area contributed by atoms with Crippen LogP contribution in [0, 0.1) is 0 Å². The number of rotatable bonds is 0. The van der Waals surface area contributed by atoms with E-state index in [-0.39, 0.29) is 5.83 Å². The van der Waals surface area contributed by atoms with E-state index >= 15 is 0 Å². The second kappa shape index (κ2) is 9.86. The van der Waals surface area contributed by atoms with E-state index in [0.717, 1.165) is 12.8 Å². The molecule has 1 rings (SSSR count). The zero-order valence-electron chi connectivity index (χ0n) is 10.6. The van der Waals surface area contributed by atoms with Crippen molar-refractivity contribution in [2.24, 2.45) is 0 Å². The third kappa shape index (κ3) is 7.90. The predicted octanol–water partition coefficient (Wildman–Crippen LogP) is 5.92. The van der Waals surface area contributed by atoms with Crippen molar-refractivity contribution < 1.29 is 4.39 Å². The maximum Gasteiger partial charge on any atom is 0.0959 e. The lowest BCUT2D eigenvalue weighted by Gasteiger charge is -2.01. The molecule has 0 saturated carbocycles. The third-order valence-corrected chi connectivity index (χ3v) is 3.49. The van der Waals surface area contributed by atoms with Crippen molar-refractivity contribution in [3.8, 4) is 0 Å². The average molecular weight is 226 g/mol. The van der Waals surface area contributed by atoms with E-state index in [0.29, 0.717) is 6.42 Å². The largest absolute Gasteiger partial charge is 0.212 e. The molecule has 0 aromatic heterocycles. The minimum absolute atomic E-state index is 0.134. The monoisotopic (exact) mass is 226 g/mol. The molecule has 94 valence electrons. The normalized spacial score (nSPS) is 26.2. The van der Waals surface area contributed by atoms with E-state index in [1.807, 2.05) is 6.08 Å². The van der Waals surface area contributed by atoms with Crippen LogP contribution in [0.25, 0.3) is 0 Å².